The Morgan fingerprint density at radius 2 is 1.35 bits per heavy atom. The second-order valence-electron chi connectivity index (χ2n) is 9.05. The number of benzene rings is 3. The molecule has 37 heavy (non-hydrogen) atoms. The van der Waals surface area contributed by atoms with E-state index in [1.165, 1.54) is 7.11 Å². The molecule has 2 amide bonds. The first-order valence-electron chi connectivity index (χ1n) is 12.2. The van der Waals surface area contributed by atoms with Crippen LogP contribution in [0.2, 0.25) is 0 Å². The van der Waals surface area contributed by atoms with Crippen molar-refractivity contribution in [3.05, 3.63) is 107 Å². The van der Waals surface area contributed by atoms with E-state index in [1.54, 1.807) is 24.3 Å². The molecule has 0 bridgehead atoms. The molecule has 5 atom stereocenters. The number of nitrogens with zero attached hydrogens (tertiary/aromatic N) is 1. The van der Waals surface area contributed by atoms with Crippen LogP contribution < -0.4 is 0 Å². The van der Waals surface area contributed by atoms with Gasteiger partial charge in [0.2, 0.25) is 0 Å². The lowest BCUT2D eigenvalue weighted by molar-refractivity contribution is -0.283. The minimum Gasteiger partial charge on any atom is -0.388 e. The normalized spacial score (nSPS) is 25.4. The van der Waals surface area contributed by atoms with Crippen molar-refractivity contribution >= 4 is 11.8 Å². The van der Waals surface area contributed by atoms with E-state index in [0.717, 1.165) is 16.0 Å². The monoisotopic (exact) mass is 503 g/mol. The summed E-state index contributed by atoms with van der Waals surface area (Å²) in [5.74, 6) is -0.953. The maximum atomic E-state index is 13.3. The highest BCUT2D eigenvalue weighted by Gasteiger charge is 2.54. The molecule has 2 aliphatic heterocycles. The second kappa shape index (κ2) is 11.3. The summed E-state index contributed by atoms with van der Waals surface area (Å²) >= 11 is 0. The zero-order chi connectivity index (χ0) is 25.8. The summed E-state index contributed by atoms with van der Waals surface area (Å²) in [6, 6.07) is 24.7. The molecule has 2 aliphatic rings. The number of imide groups is 1. The van der Waals surface area contributed by atoms with Crippen LogP contribution in [0, 0.1) is 0 Å². The van der Waals surface area contributed by atoms with E-state index < -0.39 is 42.5 Å². The fourth-order valence-electron chi connectivity index (χ4n) is 4.81. The summed E-state index contributed by atoms with van der Waals surface area (Å²) in [5.41, 5.74) is 2.46. The molecule has 0 aromatic heterocycles. The summed E-state index contributed by atoms with van der Waals surface area (Å²) in [6.45, 7) is 0.564. The quantitative estimate of drug-likeness (QED) is 0.448. The largest absolute Gasteiger partial charge is 0.388 e. The first kappa shape index (κ1) is 25.3. The van der Waals surface area contributed by atoms with Gasteiger partial charge in [0.1, 0.15) is 24.4 Å². The van der Waals surface area contributed by atoms with E-state index in [1.807, 2.05) is 60.7 Å². The van der Waals surface area contributed by atoms with Gasteiger partial charge in [0, 0.05) is 7.11 Å². The fraction of sp³-hybridized carbons (Fsp3) is 0.310. The van der Waals surface area contributed by atoms with Crippen molar-refractivity contribution < 1.29 is 33.6 Å². The Morgan fingerprint density at radius 1 is 0.811 bits per heavy atom. The topological polar surface area (TPSA) is 94.5 Å². The number of rotatable bonds is 9. The van der Waals surface area contributed by atoms with E-state index in [0.29, 0.717) is 17.7 Å². The minimum absolute atomic E-state index is 0.0654. The Balaban J connectivity index is 1.40. The average molecular weight is 504 g/mol. The molecule has 2 heterocycles. The molecule has 5 unspecified atom stereocenters. The van der Waals surface area contributed by atoms with E-state index in [-0.39, 0.29) is 13.2 Å². The summed E-state index contributed by atoms with van der Waals surface area (Å²) in [5, 5.41) is 11.4. The SMILES string of the molecule is COC1OC(COCc2ccccc2)C(O)C(OCc2ccccc2)C1N1C(=O)c2ccccc2C1=O. The molecule has 0 radical (unpaired) electrons. The van der Waals surface area contributed by atoms with Crippen LogP contribution in [0.3, 0.4) is 0 Å². The molecule has 8 nitrogen and oxygen atoms in total. The van der Waals surface area contributed by atoms with Crippen molar-refractivity contribution in [3.63, 3.8) is 0 Å². The smallest absolute Gasteiger partial charge is 0.262 e. The van der Waals surface area contributed by atoms with Crippen molar-refractivity contribution in [2.45, 2.75) is 43.9 Å². The molecule has 3 aromatic carbocycles. The highest BCUT2D eigenvalue weighted by atomic mass is 16.7. The molecule has 3 aromatic rings. The van der Waals surface area contributed by atoms with Gasteiger partial charge >= 0.3 is 0 Å². The van der Waals surface area contributed by atoms with Gasteiger partial charge in [-0.05, 0) is 23.3 Å². The van der Waals surface area contributed by atoms with Crippen molar-refractivity contribution in [2.24, 2.45) is 0 Å². The average Bonchev–Trinajstić information content (AvgIpc) is 3.19. The third-order valence-electron chi connectivity index (χ3n) is 6.68. The molecule has 192 valence electrons. The van der Waals surface area contributed by atoms with Gasteiger partial charge in [-0.15, -0.1) is 0 Å². The number of carbonyl (C=O) groups is 2. The molecular weight excluding hydrogens is 474 g/mol. The molecule has 1 fully saturated rings. The van der Waals surface area contributed by atoms with Gasteiger partial charge in [-0.3, -0.25) is 14.5 Å². The summed E-state index contributed by atoms with van der Waals surface area (Å²) < 4.78 is 23.7. The Bertz CT molecular complexity index is 1180. The van der Waals surface area contributed by atoms with E-state index >= 15 is 0 Å². The highest BCUT2D eigenvalue weighted by molar-refractivity contribution is 6.21. The van der Waals surface area contributed by atoms with Crippen LogP contribution in [0.5, 0.6) is 0 Å². The van der Waals surface area contributed by atoms with Gasteiger partial charge in [-0.2, -0.15) is 0 Å². The zero-order valence-corrected chi connectivity index (χ0v) is 20.4. The highest BCUT2D eigenvalue weighted by Crippen LogP contribution is 2.34. The third kappa shape index (κ3) is 5.20. The molecule has 1 saturated heterocycles. The lowest BCUT2D eigenvalue weighted by Crippen LogP contribution is -2.66. The molecular formula is C29H29NO7. The Labute approximate surface area is 215 Å². The van der Waals surface area contributed by atoms with Crippen LogP contribution >= 0.6 is 0 Å². The van der Waals surface area contributed by atoms with Crippen LogP contribution in [-0.2, 0) is 32.2 Å². The van der Waals surface area contributed by atoms with Crippen LogP contribution in [-0.4, -0.2) is 66.2 Å². The van der Waals surface area contributed by atoms with Crippen LogP contribution in [0.1, 0.15) is 31.8 Å². The lowest BCUT2D eigenvalue weighted by Gasteiger charge is -2.46. The Morgan fingerprint density at radius 3 is 1.92 bits per heavy atom. The predicted molar refractivity (Wildman–Crippen MR) is 134 cm³/mol. The number of carbonyl (C=O) groups excluding carboxylic acids is 2. The van der Waals surface area contributed by atoms with Crippen molar-refractivity contribution in [1.82, 2.24) is 4.90 Å². The van der Waals surface area contributed by atoms with Crippen LogP contribution in [0.15, 0.2) is 84.9 Å². The molecule has 5 rings (SSSR count). The number of fused-ring (bicyclic) bond motifs is 1. The van der Waals surface area contributed by atoms with Gasteiger partial charge in [0.15, 0.2) is 6.29 Å². The van der Waals surface area contributed by atoms with Gasteiger partial charge in [-0.25, -0.2) is 0 Å². The predicted octanol–water partition coefficient (Wildman–Crippen LogP) is 3.19. The summed E-state index contributed by atoms with van der Waals surface area (Å²) in [4.78, 5) is 27.8. The molecule has 1 N–H and O–H groups in total. The van der Waals surface area contributed by atoms with E-state index in [4.69, 9.17) is 18.9 Å². The number of hydrogen-bond donors (Lipinski definition) is 1. The van der Waals surface area contributed by atoms with Gasteiger partial charge in [-0.1, -0.05) is 72.8 Å². The summed E-state index contributed by atoms with van der Waals surface area (Å²) in [6.07, 6.45) is -4.01. The lowest BCUT2D eigenvalue weighted by atomic mass is 9.95. The number of amides is 2. The van der Waals surface area contributed by atoms with E-state index in [2.05, 4.69) is 0 Å². The number of hydrogen-bond acceptors (Lipinski definition) is 7. The molecule has 0 aliphatic carbocycles. The molecule has 0 saturated carbocycles. The van der Waals surface area contributed by atoms with Crippen molar-refractivity contribution in [1.29, 1.82) is 0 Å². The summed E-state index contributed by atoms with van der Waals surface area (Å²) in [7, 11) is 1.43. The third-order valence-corrected chi connectivity index (χ3v) is 6.68. The fourth-order valence-corrected chi connectivity index (χ4v) is 4.81. The van der Waals surface area contributed by atoms with Crippen LogP contribution in [0.25, 0.3) is 0 Å². The molecule has 8 heteroatoms. The second-order valence-corrected chi connectivity index (χ2v) is 9.05. The minimum atomic E-state index is -1.19. The van der Waals surface area contributed by atoms with Crippen molar-refractivity contribution in [2.75, 3.05) is 13.7 Å². The maximum absolute atomic E-state index is 13.3. The first-order valence-corrected chi connectivity index (χ1v) is 12.2. The standard InChI is InChI=1S/C29H29NO7/c1-34-29-24(30-27(32)21-14-8-9-15-22(21)28(30)33)26(36-17-20-12-6-3-7-13-20)25(31)23(37-29)18-35-16-19-10-4-2-5-11-19/h2-15,23-26,29,31H,16-18H2,1H3. The molecule has 0 spiro atoms. The Kier molecular flexibility index (Phi) is 7.73. The van der Waals surface area contributed by atoms with Crippen LogP contribution in [0.4, 0.5) is 0 Å². The Hall–Kier alpha value is -3.40. The zero-order valence-electron chi connectivity index (χ0n) is 20.4. The van der Waals surface area contributed by atoms with Gasteiger partial charge in [0.25, 0.3) is 11.8 Å². The van der Waals surface area contributed by atoms with Crippen molar-refractivity contribution in [3.8, 4) is 0 Å². The first-order chi connectivity index (χ1) is 18.1. The maximum Gasteiger partial charge on any atom is 0.262 e. The van der Waals surface area contributed by atoms with Gasteiger partial charge in [0.05, 0.1) is 30.9 Å². The van der Waals surface area contributed by atoms with Gasteiger partial charge < -0.3 is 24.1 Å². The number of methoxy groups -OCH3 is 1. The number of ether oxygens (including phenoxy) is 4. The van der Waals surface area contributed by atoms with E-state index in [9.17, 15) is 14.7 Å². The number of aliphatic hydroxyl groups excluding tert-OH is 1. The number of aliphatic hydroxyl groups is 1.